The molecule has 1 nitrogen and oxygen atoms in total. The first-order valence-electron chi connectivity index (χ1n) is 7.15. The molecule has 96 valence electrons. The Labute approximate surface area is 103 Å². The van der Waals surface area contributed by atoms with E-state index in [4.69, 9.17) is 4.74 Å². The molecule has 0 aromatic rings. The molecular weight excluding hydrogens is 212 g/mol. The molecule has 0 aromatic carbocycles. The van der Waals surface area contributed by atoms with Gasteiger partial charge in [-0.25, -0.2) is 0 Å². The monoisotopic (exact) mass is 242 g/mol. The van der Waals surface area contributed by atoms with E-state index in [-0.39, 0.29) is 0 Å². The van der Waals surface area contributed by atoms with Crippen LogP contribution >= 0.6 is 0 Å². The summed E-state index contributed by atoms with van der Waals surface area (Å²) in [5.74, 6) is 0. The lowest BCUT2D eigenvalue weighted by Gasteiger charge is -2.26. The molecule has 0 aromatic heterocycles. The van der Waals surface area contributed by atoms with Gasteiger partial charge >= 0.3 is 0 Å². The Morgan fingerprint density at radius 3 is 2.12 bits per heavy atom. The molecule has 0 saturated carbocycles. The maximum absolute atomic E-state index is 6.18. The van der Waals surface area contributed by atoms with Gasteiger partial charge in [-0.15, -0.1) is 0 Å². The molecule has 0 spiro atoms. The van der Waals surface area contributed by atoms with Gasteiger partial charge < -0.3 is 4.74 Å². The van der Waals surface area contributed by atoms with Crippen molar-refractivity contribution in [1.29, 1.82) is 0 Å². The summed E-state index contributed by atoms with van der Waals surface area (Å²) in [6.07, 6.45) is 9.93. The molecule has 0 amide bonds. The van der Waals surface area contributed by atoms with Crippen LogP contribution in [0.1, 0.15) is 58.8 Å². The zero-order valence-corrected chi connectivity index (χ0v) is 12.9. The summed E-state index contributed by atoms with van der Waals surface area (Å²) in [5, 5.41) is 0.344. The lowest BCUT2D eigenvalue weighted by atomic mass is 10.1. The van der Waals surface area contributed by atoms with Crippen LogP contribution in [0.15, 0.2) is 0 Å². The van der Waals surface area contributed by atoms with Gasteiger partial charge in [-0.2, -0.15) is 0 Å². The SMILES string of the molecule is CCCCC[C@@H]1O[C@@]1(CCCC)[Si](C)(C)C. The van der Waals surface area contributed by atoms with Crippen molar-refractivity contribution in [1.82, 2.24) is 0 Å². The van der Waals surface area contributed by atoms with E-state index in [9.17, 15) is 0 Å². The normalized spacial score (nSPS) is 29.4. The second-order valence-corrected chi connectivity index (χ2v) is 11.7. The van der Waals surface area contributed by atoms with Crippen molar-refractivity contribution in [3.05, 3.63) is 0 Å². The number of hydrogen-bond donors (Lipinski definition) is 0. The summed E-state index contributed by atoms with van der Waals surface area (Å²) < 4.78 is 6.18. The van der Waals surface area contributed by atoms with Crippen molar-refractivity contribution < 1.29 is 4.74 Å². The van der Waals surface area contributed by atoms with E-state index in [0.717, 1.165) is 0 Å². The standard InChI is InChI=1S/C14H30OSi/c1-6-8-10-11-13-14(15-13,12-9-7-2)16(3,4)5/h13H,6-12H2,1-5H3/t13-,14-/m0/s1. The van der Waals surface area contributed by atoms with Gasteiger partial charge in [0.2, 0.25) is 0 Å². The molecule has 1 saturated heterocycles. The second-order valence-electron chi connectivity index (χ2n) is 6.35. The molecule has 1 heterocycles. The fourth-order valence-corrected chi connectivity index (χ4v) is 5.32. The zero-order chi connectivity index (χ0) is 12.2. The summed E-state index contributed by atoms with van der Waals surface area (Å²) in [6.45, 7) is 12.0. The van der Waals surface area contributed by atoms with Gasteiger partial charge in [0, 0.05) is 0 Å². The fraction of sp³-hybridized carbons (Fsp3) is 1.00. The van der Waals surface area contributed by atoms with Crippen molar-refractivity contribution >= 4 is 8.07 Å². The molecule has 1 fully saturated rings. The van der Waals surface area contributed by atoms with Gasteiger partial charge in [-0.1, -0.05) is 65.6 Å². The number of rotatable bonds is 8. The minimum atomic E-state index is -1.16. The zero-order valence-electron chi connectivity index (χ0n) is 11.9. The average Bonchev–Trinajstić information content (AvgIpc) is 2.90. The molecule has 2 heteroatoms. The van der Waals surface area contributed by atoms with E-state index < -0.39 is 8.07 Å². The second kappa shape index (κ2) is 5.68. The van der Waals surface area contributed by atoms with Gasteiger partial charge in [0.05, 0.1) is 19.4 Å². The number of ether oxygens (including phenoxy) is 1. The van der Waals surface area contributed by atoms with Crippen LogP contribution in [-0.2, 0) is 4.74 Å². The van der Waals surface area contributed by atoms with Crippen molar-refractivity contribution in [2.24, 2.45) is 0 Å². The van der Waals surface area contributed by atoms with Crippen LogP contribution in [0.3, 0.4) is 0 Å². The summed E-state index contributed by atoms with van der Waals surface area (Å²) >= 11 is 0. The highest BCUT2D eigenvalue weighted by molar-refractivity contribution is 6.79. The highest BCUT2D eigenvalue weighted by Crippen LogP contribution is 2.50. The maximum atomic E-state index is 6.18. The molecule has 1 rings (SSSR count). The predicted octanol–water partition coefficient (Wildman–Crippen LogP) is 4.77. The quantitative estimate of drug-likeness (QED) is 0.339. The smallest absolute Gasteiger partial charge is 0.0858 e. The molecular formula is C14H30OSi. The minimum Gasteiger partial charge on any atom is -0.370 e. The molecule has 1 aliphatic heterocycles. The van der Waals surface area contributed by atoms with Crippen molar-refractivity contribution in [2.45, 2.75) is 89.8 Å². The number of hydrogen-bond acceptors (Lipinski definition) is 1. The summed E-state index contributed by atoms with van der Waals surface area (Å²) in [5.41, 5.74) is 0. The van der Waals surface area contributed by atoms with Crippen molar-refractivity contribution in [2.75, 3.05) is 0 Å². The van der Waals surface area contributed by atoms with E-state index in [0.29, 0.717) is 11.3 Å². The molecule has 0 bridgehead atoms. The first kappa shape index (κ1) is 14.2. The Morgan fingerprint density at radius 2 is 1.62 bits per heavy atom. The third-order valence-electron chi connectivity index (χ3n) is 4.06. The molecule has 0 radical (unpaired) electrons. The summed E-state index contributed by atoms with van der Waals surface area (Å²) in [4.78, 5) is 0. The van der Waals surface area contributed by atoms with Gasteiger partial charge in [-0.05, 0) is 12.8 Å². The van der Waals surface area contributed by atoms with Gasteiger partial charge in [0.15, 0.2) is 0 Å². The Kier molecular flexibility index (Phi) is 5.05. The first-order chi connectivity index (χ1) is 7.48. The van der Waals surface area contributed by atoms with Gasteiger partial charge in [0.1, 0.15) is 0 Å². The topological polar surface area (TPSA) is 12.5 Å². The van der Waals surface area contributed by atoms with Crippen molar-refractivity contribution in [3.63, 3.8) is 0 Å². The molecule has 0 N–H and O–H groups in total. The number of unbranched alkanes of at least 4 members (excludes halogenated alkanes) is 3. The molecule has 2 atom stereocenters. The summed E-state index contributed by atoms with van der Waals surface area (Å²) in [7, 11) is -1.16. The van der Waals surface area contributed by atoms with E-state index in [1.807, 2.05) is 0 Å². The van der Waals surface area contributed by atoms with E-state index >= 15 is 0 Å². The van der Waals surface area contributed by atoms with E-state index in [2.05, 4.69) is 33.5 Å². The van der Waals surface area contributed by atoms with Crippen LogP contribution in [0.5, 0.6) is 0 Å². The van der Waals surface area contributed by atoms with Crippen LogP contribution in [0.4, 0.5) is 0 Å². The van der Waals surface area contributed by atoms with Crippen LogP contribution < -0.4 is 0 Å². The van der Waals surface area contributed by atoms with Gasteiger partial charge in [0.25, 0.3) is 0 Å². The van der Waals surface area contributed by atoms with Crippen molar-refractivity contribution in [3.8, 4) is 0 Å². The van der Waals surface area contributed by atoms with Crippen LogP contribution in [0.25, 0.3) is 0 Å². The third-order valence-corrected chi connectivity index (χ3v) is 7.29. The minimum absolute atomic E-state index is 0.344. The Balaban J connectivity index is 2.44. The van der Waals surface area contributed by atoms with Crippen LogP contribution in [0, 0.1) is 0 Å². The Morgan fingerprint density at radius 1 is 1.00 bits per heavy atom. The summed E-state index contributed by atoms with van der Waals surface area (Å²) in [6, 6.07) is 0. The maximum Gasteiger partial charge on any atom is 0.0858 e. The molecule has 0 unspecified atom stereocenters. The van der Waals surface area contributed by atoms with Crippen LogP contribution in [-0.4, -0.2) is 19.4 Å². The predicted molar refractivity (Wildman–Crippen MR) is 74.6 cm³/mol. The Bertz CT molecular complexity index is 209. The molecule has 1 aliphatic rings. The Hall–Kier alpha value is 0.177. The molecule has 0 aliphatic carbocycles. The first-order valence-corrected chi connectivity index (χ1v) is 10.7. The third kappa shape index (κ3) is 3.10. The molecule has 16 heavy (non-hydrogen) atoms. The lowest BCUT2D eigenvalue weighted by Crippen LogP contribution is -2.43. The highest BCUT2D eigenvalue weighted by Gasteiger charge is 2.62. The largest absolute Gasteiger partial charge is 0.370 e. The number of epoxide rings is 1. The van der Waals surface area contributed by atoms with Gasteiger partial charge in [-0.3, -0.25) is 0 Å². The average molecular weight is 242 g/mol. The lowest BCUT2D eigenvalue weighted by molar-refractivity contribution is 0.323. The van der Waals surface area contributed by atoms with E-state index in [1.165, 1.54) is 44.9 Å². The highest BCUT2D eigenvalue weighted by atomic mass is 28.3. The van der Waals surface area contributed by atoms with Crippen LogP contribution in [0.2, 0.25) is 19.6 Å². The fourth-order valence-electron chi connectivity index (χ4n) is 2.79. The van der Waals surface area contributed by atoms with E-state index in [1.54, 1.807) is 0 Å².